The predicted octanol–water partition coefficient (Wildman–Crippen LogP) is 2.90. The lowest BCUT2D eigenvalue weighted by molar-refractivity contribution is 0.611. The van der Waals surface area contributed by atoms with Gasteiger partial charge in [-0.15, -0.1) is 0 Å². The molecule has 0 aromatic heterocycles. The minimum Gasteiger partial charge on any atom is -0.326 e. The molecule has 14 heavy (non-hydrogen) atoms. The van der Waals surface area contributed by atoms with E-state index in [-0.39, 0.29) is 6.04 Å². The molecule has 0 heterocycles. The fourth-order valence-corrected chi connectivity index (χ4v) is 2.99. The van der Waals surface area contributed by atoms with Crippen LogP contribution in [-0.2, 0) is 0 Å². The van der Waals surface area contributed by atoms with Gasteiger partial charge >= 0.3 is 0 Å². The summed E-state index contributed by atoms with van der Waals surface area (Å²) >= 11 is 1.82. The van der Waals surface area contributed by atoms with E-state index in [9.17, 15) is 0 Å². The van der Waals surface area contributed by atoms with Crippen molar-refractivity contribution in [3.63, 3.8) is 0 Å². The number of hydrogen-bond donors (Lipinski definition) is 1. The molecule has 1 nitrogen and oxygen atoms in total. The lowest BCUT2D eigenvalue weighted by atomic mass is 10.0. The molecule has 0 aromatic rings. The van der Waals surface area contributed by atoms with Crippen LogP contribution in [0.1, 0.15) is 19.3 Å². The second-order valence-corrected chi connectivity index (χ2v) is 4.58. The highest BCUT2D eigenvalue weighted by Crippen LogP contribution is 2.31. The molecule has 78 valence electrons. The monoisotopic (exact) mass is 209 g/mol. The van der Waals surface area contributed by atoms with Crippen LogP contribution >= 0.6 is 11.8 Å². The molecule has 1 aliphatic rings. The maximum atomic E-state index is 6.14. The molecule has 1 aliphatic carbocycles. The summed E-state index contributed by atoms with van der Waals surface area (Å²) in [6.45, 7) is 7.74. The average Bonchev–Trinajstić information content (AvgIpc) is 2.36. The minimum atomic E-state index is 0.260. The van der Waals surface area contributed by atoms with Crippen molar-refractivity contribution in [3.05, 3.63) is 36.5 Å². The first-order chi connectivity index (χ1) is 6.74. The summed E-state index contributed by atoms with van der Waals surface area (Å²) < 4.78 is 0. The standard InChI is InChI=1S/C12H19NS/c1-4-9-7-6-8-11(13)12(14-3)10(9)5-2/h4-5,11-12H,1-2,6-8,13H2,3H3. The molecular weight excluding hydrogens is 190 g/mol. The van der Waals surface area contributed by atoms with E-state index in [0.29, 0.717) is 5.25 Å². The summed E-state index contributed by atoms with van der Waals surface area (Å²) in [4.78, 5) is 0. The van der Waals surface area contributed by atoms with Crippen molar-refractivity contribution in [2.24, 2.45) is 5.73 Å². The number of rotatable bonds is 3. The fourth-order valence-electron chi connectivity index (χ4n) is 2.01. The van der Waals surface area contributed by atoms with E-state index in [1.54, 1.807) is 0 Å². The Kier molecular flexibility index (Phi) is 4.49. The zero-order valence-electron chi connectivity index (χ0n) is 8.83. The van der Waals surface area contributed by atoms with Gasteiger partial charge in [0.1, 0.15) is 0 Å². The first kappa shape index (κ1) is 11.6. The Balaban J connectivity index is 3.05. The molecule has 2 heteroatoms. The van der Waals surface area contributed by atoms with Crippen LogP contribution in [0.25, 0.3) is 0 Å². The summed E-state index contributed by atoms with van der Waals surface area (Å²) in [5, 5.41) is 0.392. The summed E-state index contributed by atoms with van der Waals surface area (Å²) in [6, 6.07) is 0.260. The van der Waals surface area contributed by atoms with Crippen LogP contribution in [-0.4, -0.2) is 17.5 Å². The van der Waals surface area contributed by atoms with Gasteiger partial charge in [0.25, 0.3) is 0 Å². The summed E-state index contributed by atoms with van der Waals surface area (Å²) in [5.41, 5.74) is 8.75. The van der Waals surface area contributed by atoms with Gasteiger partial charge in [0, 0.05) is 11.3 Å². The Labute approximate surface area is 91.1 Å². The summed E-state index contributed by atoms with van der Waals surface area (Å²) in [5.74, 6) is 0. The molecule has 0 saturated heterocycles. The van der Waals surface area contributed by atoms with Crippen LogP contribution < -0.4 is 5.73 Å². The third-order valence-electron chi connectivity index (χ3n) is 2.77. The Morgan fingerprint density at radius 2 is 2.14 bits per heavy atom. The third kappa shape index (κ3) is 2.31. The second kappa shape index (κ2) is 5.42. The highest BCUT2D eigenvalue weighted by atomic mass is 32.2. The molecule has 0 bridgehead atoms. The van der Waals surface area contributed by atoms with E-state index >= 15 is 0 Å². The smallest absolute Gasteiger partial charge is 0.0448 e. The van der Waals surface area contributed by atoms with Crippen LogP contribution in [0.5, 0.6) is 0 Å². The molecule has 0 amide bonds. The summed E-state index contributed by atoms with van der Waals surface area (Å²) in [6.07, 6.45) is 9.37. The topological polar surface area (TPSA) is 26.0 Å². The van der Waals surface area contributed by atoms with Crippen molar-refractivity contribution < 1.29 is 0 Å². The zero-order valence-corrected chi connectivity index (χ0v) is 9.65. The van der Waals surface area contributed by atoms with Crippen molar-refractivity contribution in [1.82, 2.24) is 0 Å². The lowest BCUT2D eigenvalue weighted by Crippen LogP contribution is -2.32. The predicted molar refractivity (Wildman–Crippen MR) is 66.5 cm³/mol. The Morgan fingerprint density at radius 3 is 2.64 bits per heavy atom. The molecule has 0 radical (unpaired) electrons. The van der Waals surface area contributed by atoms with E-state index in [2.05, 4.69) is 19.4 Å². The highest BCUT2D eigenvalue weighted by molar-refractivity contribution is 7.99. The molecule has 2 atom stereocenters. The van der Waals surface area contributed by atoms with Gasteiger partial charge in [0.2, 0.25) is 0 Å². The lowest BCUT2D eigenvalue weighted by Gasteiger charge is -2.21. The Bertz CT molecular complexity index is 255. The molecular formula is C12H19NS. The van der Waals surface area contributed by atoms with Gasteiger partial charge in [0.15, 0.2) is 0 Å². The highest BCUT2D eigenvalue weighted by Gasteiger charge is 2.23. The zero-order chi connectivity index (χ0) is 10.6. The molecule has 2 unspecified atom stereocenters. The van der Waals surface area contributed by atoms with Gasteiger partial charge in [-0.1, -0.05) is 25.3 Å². The van der Waals surface area contributed by atoms with Gasteiger partial charge in [-0.2, -0.15) is 11.8 Å². The Hall–Kier alpha value is -0.470. The molecule has 0 aromatic carbocycles. The number of hydrogen-bond acceptors (Lipinski definition) is 2. The minimum absolute atomic E-state index is 0.260. The van der Waals surface area contributed by atoms with Gasteiger partial charge in [-0.25, -0.2) is 0 Å². The van der Waals surface area contributed by atoms with E-state index in [1.807, 2.05) is 23.9 Å². The van der Waals surface area contributed by atoms with Crippen molar-refractivity contribution in [1.29, 1.82) is 0 Å². The SMILES string of the molecule is C=CC1=C(C=C)C(SC)C(N)CCC1. The van der Waals surface area contributed by atoms with Crippen molar-refractivity contribution in [3.8, 4) is 0 Å². The van der Waals surface area contributed by atoms with Crippen LogP contribution in [0.2, 0.25) is 0 Å². The largest absolute Gasteiger partial charge is 0.326 e. The quantitative estimate of drug-likeness (QED) is 0.773. The van der Waals surface area contributed by atoms with E-state index in [1.165, 1.54) is 11.1 Å². The van der Waals surface area contributed by atoms with E-state index in [0.717, 1.165) is 19.3 Å². The molecule has 2 N–H and O–H groups in total. The van der Waals surface area contributed by atoms with Crippen LogP contribution in [0, 0.1) is 0 Å². The fraction of sp³-hybridized carbons (Fsp3) is 0.500. The van der Waals surface area contributed by atoms with Gasteiger partial charge in [0.05, 0.1) is 0 Å². The van der Waals surface area contributed by atoms with Crippen molar-refractivity contribution in [2.45, 2.75) is 30.6 Å². The average molecular weight is 209 g/mol. The van der Waals surface area contributed by atoms with Gasteiger partial charge in [-0.3, -0.25) is 0 Å². The van der Waals surface area contributed by atoms with E-state index < -0.39 is 0 Å². The summed E-state index contributed by atoms with van der Waals surface area (Å²) in [7, 11) is 0. The number of thioether (sulfide) groups is 1. The van der Waals surface area contributed by atoms with Gasteiger partial charge < -0.3 is 5.73 Å². The van der Waals surface area contributed by atoms with Crippen LogP contribution in [0.4, 0.5) is 0 Å². The first-order valence-electron chi connectivity index (χ1n) is 5.00. The van der Waals surface area contributed by atoms with Crippen LogP contribution in [0.3, 0.4) is 0 Å². The van der Waals surface area contributed by atoms with Crippen LogP contribution in [0.15, 0.2) is 36.5 Å². The van der Waals surface area contributed by atoms with Crippen molar-refractivity contribution in [2.75, 3.05) is 6.26 Å². The van der Waals surface area contributed by atoms with Crippen molar-refractivity contribution >= 4 is 11.8 Å². The van der Waals surface area contributed by atoms with Gasteiger partial charge in [-0.05, 0) is 36.7 Å². The number of allylic oxidation sites excluding steroid dienone is 3. The third-order valence-corrected chi connectivity index (χ3v) is 3.88. The number of nitrogens with two attached hydrogens (primary N) is 1. The normalized spacial score (nSPS) is 28.4. The van der Waals surface area contributed by atoms with E-state index in [4.69, 9.17) is 5.73 Å². The molecule has 0 fully saturated rings. The Morgan fingerprint density at radius 1 is 1.43 bits per heavy atom. The molecule has 1 rings (SSSR count). The molecule has 0 saturated carbocycles. The maximum absolute atomic E-state index is 6.14. The molecule has 0 aliphatic heterocycles. The second-order valence-electron chi connectivity index (χ2n) is 3.60. The maximum Gasteiger partial charge on any atom is 0.0448 e. The first-order valence-corrected chi connectivity index (χ1v) is 6.29. The molecule has 0 spiro atoms.